The lowest BCUT2D eigenvalue weighted by molar-refractivity contribution is 0.631. The second kappa shape index (κ2) is 5.77. The largest absolute Gasteiger partial charge is 0.362 e. The summed E-state index contributed by atoms with van der Waals surface area (Å²) in [6, 6.07) is 6.71. The number of rotatable bonds is 5. The molecule has 17 heavy (non-hydrogen) atoms. The molecule has 0 saturated heterocycles. The standard InChI is InChI=1S/C13H15FN2S/c1-2-3-8-15-13-16-12(9-17-13)10-6-4-5-7-11(10)14/h4-7,9H,2-3,8H2,1H3,(H,15,16). The van der Waals surface area contributed by atoms with Crippen LogP contribution < -0.4 is 5.32 Å². The van der Waals surface area contributed by atoms with Crippen LogP contribution in [0, 0.1) is 5.82 Å². The predicted molar refractivity (Wildman–Crippen MR) is 70.9 cm³/mol. The zero-order chi connectivity index (χ0) is 12.1. The van der Waals surface area contributed by atoms with E-state index in [-0.39, 0.29) is 5.82 Å². The normalized spacial score (nSPS) is 10.5. The van der Waals surface area contributed by atoms with Crippen LogP contribution in [0.25, 0.3) is 11.3 Å². The lowest BCUT2D eigenvalue weighted by atomic mass is 10.2. The van der Waals surface area contributed by atoms with E-state index in [9.17, 15) is 4.39 Å². The summed E-state index contributed by atoms with van der Waals surface area (Å²) >= 11 is 1.51. The average molecular weight is 250 g/mol. The molecule has 2 aromatic rings. The minimum atomic E-state index is -0.224. The van der Waals surface area contributed by atoms with E-state index in [0.717, 1.165) is 24.5 Å². The highest BCUT2D eigenvalue weighted by atomic mass is 32.1. The lowest BCUT2D eigenvalue weighted by Gasteiger charge is -2.00. The molecule has 1 heterocycles. The van der Waals surface area contributed by atoms with Crippen molar-refractivity contribution in [1.82, 2.24) is 4.98 Å². The number of hydrogen-bond acceptors (Lipinski definition) is 3. The summed E-state index contributed by atoms with van der Waals surface area (Å²) in [5.74, 6) is -0.224. The summed E-state index contributed by atoms with van der Waals surface area (Å²) in [4.78, 5) is 4.38. The summed E-state index contributed by atoms with van der Waals surface area (Å²) in [6.07, 6.45) is 2.27. The van der Waals surface area contributed by atoms with Gasteiger partial charge >= 0.3 is 0 Å². The van der Waals surface area contributed by atoms with E-state index in [1.807, 2.05) is 11.4 Å². The third-order valence-electron chi connectivity index (χ3n) is 2.46. The highest BCUT2D eigenvalue weighted by molar-refractivity contribution is 7.14. The van der Waals surface area contributed by atoms with Gasteiger partial charge in [-0.2, -0.15) is 0 Å². The SMILES string of the molecule is CCCCNc1nc(-c2ccccc2F)cs1. The molecule has 0 aliphatic heterocycles. The van der Waals surface area contributed by atoms with Gasteiger partial charge in [0, 0.05) is 17.5 Å². The molecule has 0 bridgehead atoms. The Bertz CT molecular complexity index is 482. The van der Waals surface area contributed by atoms with Gasteiger partial charge in [-0.05, 0) is 18.6 Å². The van der Waals surface area contributed by atoms with Crippen LogP contribution in [-0.2, 0) is 0 Å². The van der Waals surface area contributed by atoms with Gasteiger partial charge in [0.05, 0.1) is 5.69 Å². The molecule has 1 N–H and O–H groups in total. The topological polar surface area (TPSA) is 24.9 Å². The molecule has 0 aliphatic carbocycles. The molecule has 2 nitrogen and oxygen atoms in total. The Morgan fingerprint density at radius 3 is 2.94 bits per heavy atom. The van der Waals surface area contributed by atoms with Crippen molar-refractivity contribution in [1.29, 1.82) is 0 Å². The van der Waals surface area contributed by atoms with Crippen LogP contribution >= 0.6 is 11.3 Å². The Morgan fingerprint density at radius 2 is 2.18 bits per heavy atom. The Kier molecular flexibility index (Phi) is 4.09. The minimum absolute atomic E-state index is 0.224. The number of halogens is 1. The molecule has 1 aromatic carbocycles. The molecule has 0 amide bonds. The molecular weight excluding hydrogens is 235 g/mol. The Labute approximate surface area is 105 Å². The maximum Gasteiger partial charge on any atom is 0.183 e. The van der Waals surface area contributed by atoms with E-state index < -0.39 is 0 Å². The van der Waals surface area contributed by atoms with Crippen LogP contribution in [0.3, 0.4) is 0 Å². The van der Waals surface area contributed by atoms with Gasteiger partial charge in [0.2, 0.25) is 0 Å². The Balaban J connectivity index is 2.10. The van der Waals surface area contributed by atoms with Crippen molar-refractivity contribution in [2.45, 2.75) is 19.8 Å². The number of benzene rings is 1. The van der Waals surface area contributed by atoms with Crippen LogP contribution in [0.5, 0.6) is 0 Å². The molecule has 0 saturated carbocycles. The van der Waals surface area contributed by atoms with Crippen molar-refractivity contribution in [3.63, 3.8) is 0 Å². The summed E-state index contributed by atoms with van der Waals surface area (Å²) in [7, 11) is 0. The average Bonchev–Trinajstić information content (AvgIpc) is 2.79. The minimum Gasteiger partial charge on any atom is -0.362 e. The van der Waals surface area contributed by atoms with Gasteiger partial charge in [-0.25, -0.2) is 9.37 Å². The number of hydrogen-bond donors (Lipinski definition) is 1. The number of thiazole rings is 1. The number of aromatic nitrogens is 1. The predicted octanol–water partition coefficient (Wildman–Crippen LogP) is 4.16. The van der Waals surface area contributed by atoms with Gasteiger partial charge < -0.3 is 5.32 Å². The van der Waals surface area contributed by atoms with Crippen LogP contribution in [0.2, 0.25) is 0 Å². The molecule has 0 unspecified atom stereocenters. The maximum atomic E-state index is 13.5. The lowest BCUT2D eigenvalue weighted by Crippen LogP contribution is -1.99. The first-order valence-electron chi connectivity index (χ1n) is 5.75. The fraction of sp³-hybridized carbons (Fsp3) is 0.308. The fourth-order valence-corrected chi connectivity index (χ4v) is 2.26. The number of anilines is 1. The van der Waals surface area contributed by atoms with Crippen molar-refractivity contribution in [3.8, 4) is 11.3 Å². The van der Waals surface area contributed by atoms with Gasteiger partial charge in [-0.3, -0.25) is 0 Å². The summed E-state index contributed by atoms with van der Waals surface area (Å²) in [5, 5.41) is 5.98. The summed E-state index contributed by atoms with van der Waals surface area (Å²) in [5.41, 5.74) is 1.26. The molecule has 2 rings (SSSR count). The zero-order valence-electron chi connectivity index (χ0n) is 9.74. The summed E-state index contributed by atoms with van der Waals surface area (Å²) in [6.45, 7) is 3.06. The highest BCUT2D eigenvalue weighted by Gasteiger charge is 2.07. The van der Waals surface area contributed by atoms with E-state index in [2.05, 4.69) is 17.2 Å². The maximum absolute atomic E-state index is 13.5. The van der Waals surface area contributed by atoms with Gasteiger partial charge in [-0.1, -0.05) is 25.5 Å². The Hall–Kier alpha value is -1.42. The monoisotopic (exact) mass is 250 g/mol. The van der Waals surface area contributed by atoms with Crippen LogP contribution in [0.15, 0.2) is 29.6 Å². The molecule has 0 aliphatic rings. The third kappa shape index (κ3) is 3.03. The molecule has 0 fully saturated rings. The van der Waals surface area contributed by atoms with E-state index in [1.165, 1.54) is 17.4 Å². The number of unbranched alkanes of at least 4 members (excludes halogenated alkanes) is 1. The van der Waals surface area contributed by atoms with E-state index in [0.29, 0.717) is 11.3 Å². The number of nitrogens with one attached hydrogen (secondary N) is 1. The van der Waals surface area contributed by atoms with Crippen molar-refractivity contribution < 1.29 is 4.39 Å². The van der Waals surface area contributed by atoms with Crippen LogP contribution in [0.4, 0.5) is 9.52 Å². The quantitative estimate of drug-likeness (QED) is 0.806. The van der Waals surface area contributed by atoms with E-state index >= 15 is 0 Å². The second-order valence-corrected chi connectivity index (χ2v) is 4.66. The molecule has 1 aromatic heterocycles. The van der Waals surface area contributed by atoms with Crippen molar-refractivity contribution >= 4 is 16.5 Å². The first-order chi connectivity index (χ1) is 8.31. The molecule has 4 heteroatoms. The zero-order valence-corrected chi connectivity index (χ0v) is 10.6. The fourth-order valence-electron chi connectivity index (χ4n) is 1.52. The second-order valence-electron chi connectivity index (χ2n) is 3.80. The van der Waals surface area contributed by atoms with Gasteiger partial charge in [-0.15, -0.1) is 11.3 Å². The molecule has 0 radical (unpaired) electrons. The smallest absolute Gasteiger partial charge is 0.183 e. The molecular formula is C13H15FN2S. The highest BCUT2D eigenvalue weighted by Crippen LogP contribution is 2.26. The third-order valence-corrected chi connectivity index (χ3v) is 3.26. The summed E-state index contributed by atoms with van der Waals surface area (Å²) < 4.78 is 13.5. The van der Waals surface area contributed by atoms with Gasteiger partial charge in [0.1, 0.15) is 5.82 Å². The van der Waals surface area contributed by atoms with Gasteiger partial charge in [0.25, 0.3) is 0 Å². The van der Waals surface area contributed by atoms with Crippen molar-refractivity contribution in [2.24, 2.45) is 0 Å². The molecule has 90 valence electrons. The van der Waals surface area contributed by atoms with Crippen LogP contribution in [-0.4, -0.2) is 11.5 Å². The van der Waals surface area contributed by atoms with E-state index in [4.69, 9.17) is 0 Å². The van der Waals surface area contributed by atoms with Crippen molar-refractivity contribution in [2.75, 3.05) is 11.9 Å². The van der Waals surface area contributed by atoms with E-state index in [1.54, 1.807) is 12.1 Å². The van der Waals surface area contributed by atoms with Crippen LogP contribution in [0.1, 0.15) is 19.8 Å². The first-order valence-corrected chi connectivity index (χ1v) is 6.63. The first kappa shape index (κ1) is 12.0. The molecule has 0 atom stereocenters. The van der Waals surface area contributed by atoms with Gasteiger partial charge in [0.15, 0.2) is 5.13 Å². The number of nitrogens with zero attached hydrogens (tertiary/aromatic N) is 1. The Morgan fingerprint density at radius 1 is 1.35 bits per heavy atom. The molecule has 0 spiro atoms. The van der Waals surface area contributed by atoms with Crippen molar-refractivity contribution in [3.05, 3.63) is 35.5 Å².